The SMILES string of the molecule is C=CC(=O)N(C)CC(=O)N1CCC(c2nc3cc(F)ccc3s2)CC1. The maximum Gasteiger partial charge on any atom is 0.246 e. The zero-order chi connectivity index (χ0) is 18.0. The van der Waals surface area contributed by atoms with Crippen LogP contribution in [0.3, 0.4) is 0 Å². The number of halogens is 1. The first-order valence-corrected chi connectivity index (χ1v) is 9.01. The molecule has 132 valence electrons. The predicted octanol–water partition coefficient (Wildman–Crippen LogP) is 2.79. The summed E-state index contributed by atoms with van der Waals surface area (Å²) < 4.78 is 14.3. The molecule has 0 aliphatic carbocycles. The topological polar surface area (TPSA) is 53.5 Å². The number of likely N-dealkylation sites (tertiary alicyclic amines) is 1. The molecular weight excluding hydrogens is 341 g/mol. The number of likely N-dealkylation sites (N-methyl/N-ethyl adjacent to an activating group) is 1. The first-order chi connectivity index (χ1) is 12.0. The number of carbonyl (C=O) groups is 2. The van der Waals surface area contributed by atoms with Crippen molar-refractivity contribution in [2.45, 2.75) is 18.8 Å². The fourth-order valence-electron chi connectivity index (χ4n) is 3.01. The second-order valence-electron chi connectivity index (χ2n) is 6.22. The number of hydrogen-bond acceptors (Lipinski definition) is 4. The number of piperidine rings is 1. The fourth-order valence-corrected chi connectivity index (χ4v) is 4.12. The molecule has 1 aromatic carbocycles. The smallest absolute Gasteiger partial charge is 0.246 e. The maximum atomic E-state index is 13.3. The van der Waals surface area contributed by atoms with Gasteiger partial charge >= 0.3 is 0 Å². The Kier molecular flexibility index (Phi) is 5.13. The number of hydrogen-bond donors (Lipinski definition) is 0. The van der Waals surface area contributed by atoms with Gasteiger partial charge in [0.15, 0.2) is 0 Å². The van der Waals surface area contributed by atoms with Gasteiger partial charge in [-0.15, -0.1) is 11.3 Å². The molecule has 1 aliphatic rings. The molecule has 3 rings (SSSR count). The van der Waals surface area contributed by atoms with Crippen LogP contribution in [0.25, 0.3) is 10.2 Å². The van der Waals surface area contributed by atoms with E-state index in [4.69, 9.17) is 0 Å². The molecule has 0 N–H and O–H groups in total. The highest BCUT2D eigenvalue weighted by molar-refractivity contribution is 7.18. The van der Waals surface area contributed by atoms with Gasteiger partial charge in [0, 0.05) is 32.1 Å². The summed E-state index contributed by atoms with van der Waals surface area (Å²) >= 11 is 1.59. The van der Waals surface area contributed by atoms with Crippen LogP contribution in [-0.2, 0) is 9.59 Å². The number of nitrogens with zero attached hydrogens (tertiary/aromatic N) is 3. The molecule has 25 heavy (non-hydrogen) atoms. The molecule has 0 spiro atoms. The quantitative estimate of drug-likeness (QED) is 0.787. The van der Waals surface area contributed by atoms with Crippen molar-refractivity contribution in [1.82, 2.24) is 14.8 Å². The van der Waals surface area contributed by atoms with Gasteiger partial charge in [0.05, 0.1) is 21.8 Å². The third-order valence-corrected chi connectivity index (χ3v) is 5.69. The van der Waals surface area contributed by atoms with Crippen LogP contribution in [0.2, 0.25) is 0 Å². The van der Waals surface area contributed by atoms with Crippen LogP contribution in [0.15, 0.2) is 30.9 Å². The molecule has 1 saturated heterocycles. The number of fused-ring (bicyclic) bond motifs is 1. The highest BCUT2D eigenvalue weighted by Crippen LogP contribution is 2.34. The van der Waals surface area contributed by atoms with E-state index in [1.165, 1.54) is 23.1 Å². The van der Waals surface area contributed by atoms with Crippen LogP contribution >= 0.6 is 11.3 Å². The van der Waals surface area contributed by atoms with Crippen LogP contribution in [0, 0.1) is 5.82 Å². The third kappa shape index (κ3) is 3.87. The Balaban J connectivity index is 1.60. The van der Waals surface area contributed by atoms with Crippen molar-refractivity contribution in [1.29, 1.82) is 0 Å². The summed E-state index contributed by atoms with van der Waals surface area (Å²) in [6.45, 7) is 4.77. The number of aromatic nitrogens is 1. The Bertz CT molecular complexity index is 812. The summed E-state index contributed by atoms with van der Waals surface area (Å²) in [5, 5.41) is 1.01. The van der Waals surface area contributed by atoms with Crippen LogP contribution < -0.4 is 0 Å². The Morgan fingerprint density at radius 2 is 2.16 bits per heavy atom. The maximum absolute atomic E-state index is 13.3. The van der Waals surface area contributed by atoms with E-state index in [9.17, 15) is 14.0 Å². The van der Waals surface area contributed by atoms with Crippen LogP contribution in [-0.4, -0.2) is 53.3 Å². The van der Waals surface area contributed by atoms with Crippen LogP contribution in [0.4, 0.5) is 4.39 Å². The monoisotopic (exact) mass is 361 g/mol. The van der Waals surface area contributed by atoms with E-state index in [0.29, 0.717) is 18.6 Å². The largest absolute Gasteiger partial charge is 0.341 e. The Hall–Kier alpha value is -2.28. The van der Waals surface area contributed by atoms with Crippen molar-refractivity contribution in [3.63, 3.8) is 0 Å². The molecule has 7 heteroatoms. The molecule has 2 amide bonds. The van der Waals surface area contributed by atoms with Crippen molar-refractivity contribution >= 4 is 33.4 Å². The number of carbonyl (C=O) groups excluding carboxylic acids is 2. The molecule has 0 saturated carbocycles. The minimum atomic E-state index is -0.275. The summed E-state index contributed by atoms with van der Waals surface area (Å²) in [7, 11) is 1.59. The lowest BCUT2D eigenvalue weighted by molar-refractivity contribution is -0.138. The zero-order valence-electron chi connectivity index (χ0n) is 14.1. The average Bonchev–Trinajstić information content (AvgIpc) is 3.04. The van der Waals surface area contributed by atoms with Gasteiger partial charge in [-0.25, -0.2) is 9.37 Å². The molecular formula is C18H20FN3O2S. The van der Waals surface area contributed by atoms with Crippen molar-refractivity contribution in [3.05, 3.63) is 41.7 Å². The lowest BCUT2D eigenvalue weighted by Gasteiger charge is -2.32. The zero-order valence-corrected chi connectivity index (χ0v) is 14.9. The first kappa shape index (κ1) is 17.5. The molecule has 2 heterocycles. The van der Waals surface area contributed by atoms with Crippen LogP contribution in [0.1, 0.15) is 23.8 Å². The van der Waals surface area contributed by atoms with Gasteiger partial charge in [-0.3, -0.25) is 9.59 Å². The van der Waals surface area contributed by atoms with E-state index >= 15 is 0 Å². The van der Waals surface area contributed by atoms with Gasteiger partial charge in [-0.2, -0.15) is 0 Å². The summed E-state index contributed by atoms with van der Waals surface area (Å²) in [5.74, 6) is -0.299. The molecule has 0 atom stereocenters. The Morgan fingerprint density at radius 3 is 2.84 bits per heavy atom. The van der Waals surface area contributed by atoms with Crippen molar-refractivity contribution in [2.24, 2.45) is 0 Å². The molecule has 1 aliphatic heterocycles. The highest BCUT2D eigenvalue weighted by Gasteiger charge is 2.26. The Labute approximate surface area is 149 Å². The van der Waals surface area contributed by atoms with Gasteiger partial charge in [-0.1, -0.05) is 6.58 Å². The number of amides is 2. The predicted molar refractivity (Wildman–Crippen MR) is 96.0 cm³/mol. The Morgan fingerprint density at radius 1 is 1.44 bits per heavy atom. The van der Waals surface area contributed by atoms with Gasteiger partial charge < -0.3 is 9.80 Å². The van der Waals surface area contributed by atoms with Crippen molar-refractivity contribution < 1.29 is 14.0 Å². The van der Waals surface area contributed by atoms with E-state index < -0.39 is 0 Å². The standard InChI is InChI=1S/C18H20FN3O2S/c1-3-16(23)21(2)11-17(24)22-8-6-12(7-9-22)18-20-14-10-13(19)4-5-15(14)25-18/h3-5,10,12H,1,6-9,11H2,2H3. The van der Waals surface area contributed by atoms with Crippen molar-refractivity contribution in [2.75, 3.05) is 26.7 Å². The lowest BCUT2D eigenvalue weighted by atomic mass is 9.97. The second kappa shape index (κ2) is 7.31. The molecule has 2 aromatic rings. The molecule has 1 fully saturated rings. The van der Waals surface area contributed by atoms with Gasteiger partial charge in [0.25, 0.3) is 0 Å². The van der Waals surface area contributed by atoms with E-state index in [2.05, 4.69) is 11.6 Å². The number of rotatable bonds is 4. The van der Waals surface area contributed by atoms with E-state index in [1.807, 2.05) is 0 Å². The van der Waals surface area contributed by atoms with Crippen molar-refractivity contribution in [3.8, 4) is 0 Å². The first-order valence-electron chi connectivity index (χ1n) is 8.19. The van der Waals surface area contributed by atoms with E-state index in [1.54, 1.807) is 29.4 Å². The minimum absolute atomic E-state index is 0.0532. The average molecular weight is 361 g/mol. The van der Waals surface area contributed by atoms with E-state index in [0.717, 1.165) is 22.5 Å². The summed E-state index contributed by atoms with van der Waals surface area (Å²) in [4.78, 5) is 31.5. The van der Waals surface area contributed by atoms with Crippen LogP contribution in [0.5, 0.6) is 0 Å². The fraction of sp³-hybridized carbons (Fsp3) is 0.389. The summed E-state index contributed by atoms with van der Waals surface area (Å²) in [6.07, 6.45) is 2.86. The normalized spacial score (nSPS) is 15.4. The number of benzene rings is 1. The highest BCUT2D eigenvalue weighted by atomic mass is 32.1. The number of thiazole rings is 1. The van der Waals surface area contributed by atoms with Gasteiger partial charge in [0.2, 0.25) is 11.8 Å². The summed E-state index contributed by atoms with van der Waals surface area (Å²) in [5.41, 5.74) is 0.697. The molecule has 0 unspecified atom stereocenters. The lowest BCUT2D eigenvalue weighted by Crippen LogP contribution is -2.44. The molecule has 5 nitrogen and oxygen atoms in total. The van der Waals surface area contributed by atoms with Gasteiger partial charge in [0.1, 0.15) is 5.82 Å². The summed E-state index contributed by atoms with van der Waals surface area (Å²) in [6, 6.07) is 4.67. The second-order valence-corrected chi connectivity index (χ2v) is 7.28. The molecule has 0 radical (unpaired) electrons. The third-order valence-electron chi connectivity index (χ3n) is 4.49. The van der Waals surface area contributed by atoms with Gasteiger partial charge in [-0.05, 0) is 31.1 Å². The molecule has 0 bridgehead atoms. The van der Waals surface area contributed by atoms with E-state index in [-0.39, 0.29) is 30.1 Å². The minimum Gasteiger partial charge on any atom is -0.341 e. The molecule has 1 aromatic heterocycles.